The Morgan fingerprint density at radius 2 is 1.57 bits per heavy atom. The van der Waals surface area contributed by atoms with Crippen molar-refractivity contribution in [2.45, 2.75) is 51.0 Å². The van der Waals surface area contributed by atoms with Crippen LogP contribution in [0.15, 0.2) is 48.5 Å². The van der Waals surface area contributed by atoms with Crippen LogP contribution in [-0.4, -0.2) is 31.5 Å². The summed E-state index contributed by atoms with van der Waals surface area (Å²) in [7, 11) is 1.60. The molecule has 0 aliphatic heterocycles. The molecule has 2 amide bonds. The zero-order valence-corrected chi connectivity index (χ0v) is 17.6. The highest BCUT2D eigenvalue weighted by molar-refractivity contribution is 6.10. The summed E-state index contributed by atoms with van der Waals surface area (Å²) in [6.07, 6.45) is 8.55. The summed E-state index contributed by atoms with van der Waals surface area (Å²) in [5.74, 6) is 0.309. The number of methoxy groups -OCH3 is 1. The monoisotopic (exact) mass is 409 g/mol. The molecule has 0 aromatic heterocycles. The van der Waals surface area contributed by atoms with Gasteiger partial charge in [0.15, 0.2) is 0 Å². The second kappa shape index (κ2) is 11.4. The van der Waals surface area contributed by atoms with E-state index in [9.17, 15) is 9.59 Å². The lowest BCUT2D eigenvalue weighted by molar-refractivity contribution is -0.115. The SMILES string of the molecule is COc1ccc(NC(=O)c2ccccc2NC(=O)CNC2CCCCCCC2)cc1. The molecule has 1 fully saturated rings. The predicted octanol–water partition coefficient (Wildman–Crippen LogP) is 4.59. The first kappa shape index (κ1) is 21.8. The Bertz CT molecular complexity index is 828. The van der Waals surface area contributed by atoms with Crippen LogP contribution in [-0.2, 0) is 4.79 Å². The number of rotatable bonds is 7. The second-order valence-corrected chi connectivity index (χ2v) is 7.70. The molecule has 0 spiro atoms. The fourth-order valence-corrected chi connectivity index (χ4v) is 3.75. The smallest absolute Gasteiger partial charge is 0.257 e. The molecule has 0 atom stereocenters. The summed E-state index contributed by atoms with van der Waals surface area (Å²) in [5.41, 5.74) is 1.59. The molecule has 2 aromatic carbocycles. The van der Waals surface area contributed by atoms with Crippen LogP contribution < -0.4 is 20.7 Å². The van der Waals surface area contributed by atoms with Gasteiger partial charge in [-0.2, -0.15) is 0 Å². The number of hydrogen-bond acceptors (Lipinski definition) is 4. The number of carbonyl (C=O) groups excluding carboxylic acids is 2. The van der Waals surface area contributed by atoms with E-state index in [1.165, 1.54) is 32.1 Å². The van der Waals surface area contributed by atoms with Gasteiger partial charge >= 0.3 is 0 Å². The van der Waals surface area contributed by atoms with E-state index in [-0.39, 0.29) is 18.4 Å². The molecule has 0 bridgehead atoms. The van der Waals surface area contributed by atoms with Gasteiger partial charge in [-0.3, -0.25) is 9.59 Å². The van der Waals surface area contributed by atoms with Crippen LogP contribution in [0.4, 0.5) is 11.4 Å². The highest BCUT2D eigenvalue weighted by Gasteiger charge is 2.15. The molecule has 1 aliphatic carbocycles. The van der Waals surface area contributed by atoms with Gasteiger partial charge in [-0.25, -0.2) is 0 Å². The van der Waals surface area contributed by atoms with Crippen LogP contribution in [0, 0.1) is 0 Å². The lowest BCUT2D eigenvalue weighted by Crippen LogP contribution is -2.36. The number of anilines is 2. The van der Waals surface area contributed by atoms with Gasteiger partial charge in [0.1, 0.15) is 5.75 Å². The molecule has 0 saturated heterocycles. The van der Waals surface area contributed by atoms with E-state index in [1.807, 2.05) is 6.07 Å². The van der Waals surface area contributed by atoms with Gasteiger partial charge in [0.25, 0.3) is 5.91 Å². The molecule has 6 nitrogen and oxygen atoms in total. The van der Waals surface area contributed by atoms with Crippen LogP contribution in [0.2, 0.25) is 0 Å². The molecular formula is C24H31N3O3. The Morgan fingerprint density at radius 3 is 2.27 bits per heavy atom. The van der Waals surface area contributed by atoms with E-state index < -0.39 is 0 Å². The van der Waals surface area contributed by atoms with Crippen LogP contribution in [0.3, 0.4) is 0 Å². The number of carbonyl (C=O) groups is 2. The fourth-order valence-electron chi connectivity index (χ4n) is 3.75. The first-order valence-corrected chi connectivity index (χ1v) is 10.7. The average molecular weight is 410 g/mol. The number of ether oxygens (including phenoxy) is 1. The van der Waals surface area contributed by atoms with Gasteiger partial charge < -0.3 is 20.7 Å². The van der Waals surface area contributed by atoms with Gasteiger partial charge in [0.2, 0.25) is 5.91 Å². The Kier molecular flexibility index (Phi) is 8.27. The van der Waals surface area contributed by atoms with Crippen LogP contribution >= 0.6 is 0 Å². The minimum absolute atomic E-state index is 0.137. The Morgan fingerprint density at radius 1 is 0.900 bits per heavy atom. The molecule has 1 saturated carbocycles. The van der Waals surface area contributed by atoms with Crippen molar-refractivity contribution < 1.29 is 14.3 Å². The van der Waals surface area contributed by atoms with Crippen molar-refractivity contribution in [1.29, 1.82) is 0 Å². The molecule has 0 unspecified atom stereocenters. The van der Waals surface area contributed by atoms with Gasteiger partial charge in [-0.15, -0.1) is 0 Å². The highest BCUT2D eigenvalue weighted by Crippen LogP contribution is 2.20. The van der Waals surface area contributed by atoms with Crippen molar-refractivity contribution in [2.75, 3.05) is 24.3 Å². The van der Waals surface area contributed by atoms with Crippen molar-refractivity contribution in [2.24, 2.45) is 0 Å². The number of para-hydroxylation sites is 1. The normalized spacial score (nSPS) is 15.0. The molecule has 160 valence electrons. The van der Waals surface area contributed by atoms with Crippen LogP contribution in [0.1, 0.15) is 55.3 Å². The van der Waals surface area contributed by atoms with Crippen LogP contribution in [0.25, 0.3) is 0 Å². The van der Waals surface area contributed by atoms with Crippen molar-refractivity contribution in [3.8, 4) is 5.75 Å². The Hall–Kier alpha value is -2.86. The average Bonchev–Trinajstić information content (AvgIpc) is 2.74. The van der Waals surface area contributed by atoms with Crippen LogP contribution in [0.5, 0.6) is 5.75 Å². The highest BCUT2D eigenvalue weighted by atomic mass is 16.5. The quantitative estimate of drug-likeness (QED) is 0.625. The van der Waals surface area contributed by atoms with Crippen molar-refractivity contribution in [3.05, 3.63) is 54.1 Å². The lowest BCUT2D eigenvalue weighted by atomic mass is 9.97. The number of hydrogen-bond donors (Lipinski definition) is 3. The van der Waals surface area contributed by atoms with Crippen molar-refractivity contribution in [3.63, 3.8) is 0 Å². The predicted molar refractivity (Wildman–Crippen MR) is 120 cm³/mol. The van der Waals surface area contributed by atoms with Crippen molar-refractivity contribution in [1.82, 2.24) is 5.32 Å². The van der Waals surface area contributed by atoms with E-state index in [0.717, 1.165) is 18.6 Å². The number of benzene rings is 2. The van der Waals surface area contributed by atoms with Gasteiger partial charge in [0, 0.05) is 11.7 Å². The molecule has 1 aliphatic rings. The third-order valence-corrected chi connectivity index (χ3v) is 5.45. The maximum absolute atomic E-state index is 12.7. The van der Waals surface area contributed by atoms with Gasteiger partial charge in [-0.1, -0.05) is 44.2 Å². The standard InChI is InChI=1S/C24H31N3O3/c1-30-20-15-13-19(14-16-20)26-24(29)21-11-7-8-12-22(21)27-23(28)17-25-18-9-5-3-2-4-6-10-18/h7-8,11-16,18,25H,2-6,9-10,17H2,1H3,(H,26,29)(H,27,28). The summed E-state index contributed by atoms with van der Waals surface area (Å²) in [6, 6.07) is 14.5. The minimum Gasteiger partial charge on any atom is -0.497 e. The maximum Gasteiger partial charge on any atom is 0.257 e. The van der Waals surface area contributed by atoms with E-state index >= 15 is 0 Å². The van der Waals surface area contributed by atoms with E-state index in [2.05, 4.69) is 16.0 Å². The second-order valence-electron chi connectivity index (χ2n) is 7.70. The summed E-state index contributed by atoms with van der Waals surface area (Å²) >= 11 is 0. The summed E-state index contributed by atoms with van der Waals surface area (Å²) < 4.78 is 5.14. The van der Waals surface area contributed by atoms with E-state index in [4.69, 9.17) is 4.74 Å². The minimum atomic E-state index is -0.274. The molecular weight excluding hydrogens is 378 g/mol. The topological polar surface area (TPSA) is 79.5 Å². The third-order valence-electron chi connectivity index (χ3n) is 5.45. The van der Waals surface area contributed by atoms with E-state index in [0.29, 0.717) is 23.0 Å². The molecule has 30 heavy (non-hydrogen) atoms. The first-order chi connectivity index (χ1) is 14.7. The van der Waals surface area contributed by atoms with E-state index in [1.54, 1.807) is 49.6 Å². The largest absolute Gasteiger partial charge is 0.497 e. The first-order valence-electron chi connectivity index (χ1n) is 10.7. The third kappa shape index (κ3) is 6.59. The number of amides is 2. The molecule has 0 heterocycles. The van der Waals surface area contributed by atoms with Gasteiger partial charge in [-0.05, 0) is 49.2 Å². The molecule has 6 heteroatoms. The molecule has 0 radical (unpaired) electrons. The molecule has 3 rings (SSSR count). The number of nitrogens with one attached hydrogen (secondary N) is 3. The molecule has 3 N–H and O–H groups in total. The molecule has 2 aromatic rings. The zero-order valence-electron chi connectivity index (χ0n) is 17.6. The summed E-state index contributed by atoms with van der Waals surface area (Å²) in [6.45, 7) is 0.249. The Labute approximate surface area is 178 Å². The maximum atomic E-state index is 12.7. The fraction of sp³-hybridized carbons (Fsp3) is 0.417. The summed E-state index contributed by atoms with van der Waals surface area (Å²) in [4.78, 5) is 25.2. The lowest BCUT2D eigenvalue weighted by Gasteiger charge is -2.21. The zero-order chi connectivity index (χ0) is 21.2. The van der Waals surface area contributed by atoms with Crippen molar-refractivity contribution >= 4 is 23.2 Å². The van der Waals surface area contributed by atoms with Gasteiger partial charge in [0.05, 0.1) is 24.9 Å². The summed E-state index contributed by atoms with van der Waals surface area (Å²) in [5, 5.41) is 9.12. The Balaban J connectivity index is 1.56.